The summed E-state index contributed by atoms with van der Waals surface area (Å²) >= 11 is 5.47. The van der Waals surface area contributed by atoms with E-state index in [9.17, 15) is 18.0 Å². The molecule has 1 aromatic heterocycles. The molecule has 1 heterocycles. The number of hydrogen-bond acceptors (Lipinski definition) is 1. The molecule has 0 amide bonds. The topological polar surface area (TPSA) is 22.0 Å². The maximum Gasteiger partial charge on any atom is 0.418 e. The second-order valence-electron chi connectivity index (χ2n) is 4.43. The Morgan fingerprint density at radius 1 is 1.20 bits per heavy atom. The average molecular weight is 302 g/mol. The van der Waals surface area contributed by atoms with Gasteiger partial charge in [-0.25, -0.2) is 0 Å². The van der Waals surface area contributed by atoms with Gasteiger partial charge in [-0.05, 0) is 43.1 Å². The van der Waals surface area contributed by atoms with Crippen LogP contribution in [-0.2, 0) is 6.18 Å². The predicted molar refractivity (Wildman–Crippen MR) is 70.4 cm³/mol. The van der Waals surface area contributed by atoms with Gasteiger partial charge in [0, 0.05) is 11.9 Å². The first-order chi connectivity index (χ1) is 9.23. The van der Waals surface area contributed by atoms with Crippen molar-refractivity contribution in [2.24, 2.45) is 0 Å². The van der Waals surface area contributed by atoms with Crippen molar-refractivity contribution in [1.82, 2.24) is 4.57 Å². The number of carbonyl (C=O) groups excluding carboxylic acids is 1. The number of halogens is 4. The Hall–Kier alpha value is -1.75. The summed E-state index contributed by atoms with van der Waals surface area (Å²) in [4.78, 5) is 11.3. The molecule has 2 nitrogen and oxygen atoms in total. The lowest BCUT2D eigenvalue weighted by Gasteiger charge is -2.15. The lowest BCUT2D eigenvalue weighted by atomic mass is 10.1. The Morgan fingerprint density at radius 2 is 1.80 bits per heavy atom. The van der Waals surface area contributed by atoms with Gasteiger partial charge in [-0.1, -0.05) is 12.1 Å². The lowest BCUT2D eigenvalue weighted by molar-refractivity contribution is -0.137. The number of rotatable bonds is 2. The van der Waals surface area contributed by atoms with E-state index in [0.717, 1.165) is 6.07 Å². The van der Waals surface area contributed by atoms with Crippen molar-refractivity contribution < 1.29 is 18.0 Å². The molecule has 0 saturated heterocycles. The van der Waals surface area contributed by atoms with E-state index in [2.05, 4.69) is 0 Å². The van der Waals surface area contributed by atoms with Crippen molar-refractivity contribution in [2.75, 3.05) is 0 Å². The lowest BCUT2D eigenvalue weighted by Crippen LogP contribution is -2.11. The van der Waals surface area contributed by atoms with E-state index in [-0.39, 0.29) is 11.3 Å². The number of aryl methyl sites for hydroxylation is 1. The molecule has 0 fully saturated rings. The molecule has 0 atom stereocenters. The molecule has 106 valence electrons. The minimum Gasteiger partial charge on any atom is -0.320 e. The molecular formula is C14H11ClF3NO. The summed E-state index contributed by atoms with van der Waals surface area (Å²) in [5, 5.41) is -0.678. The fourth-order valence-electron chi connectivity index (χ4n) is 2.23. The van der Waals surface area contributed by atoms with Crippen LogP contribution >= 0.6 is 11.6 Å². The van der Waals surface area contributed by atoms with Gasteiger partial charge in [-0.2, -0.15) is 13.2 Å². The quantitative estimate of drug-likeness (QED) is 0.749. The summed E-state index contributed by atoms with van der Waals surface area (Å²) in [6, 6.07) is 5.21. The minimum absolute atomic E-state index is 0.0234. The van der Waals surface area contributed by atoms with Gasteiger partial charge in [0.1, 0.15) is 0 Å². The van der Waals surface area contributed by atoms with Crippen LogP contribution < -0.4 is 0 Å². The third-order valence-corrected chi connectivity index (χ3v) is 3.29. The molecule has 0 unspecified atom stereocenters. The molecule has 0 aliphatic carbocycles. The summed E-state index contributed by atoms with van der Waals surface area (Å²) in [5.74, 6) is 0. The third-order valence-electron chi connectivity index (χ3n) is 3.11. The summed E-state index contributed by atoms with van der Waals surface area (Å²) in [6.07, 6.45) is -2.98. The number of aromatic nitrogens is 1. The van der Waals surface area contributed by atoms with Crippen molar-refractivity contribution in [3.05, 3.63) is 52.8 Å². The van der Waals surface area contributed by atoms with Crippen LogP contribution in [0.15, 0.2) is 30.5 Å². The van der Waals surface area contributed by atoms with Crippen LogP contribution in [0.3, 0.4) is 0 Å². The molecule has 6 heteroatoms. The Balaban J connectivity index is 2.71. The molecule has 20 heavy (non-hydrogen) atoms. The second-order valence-corrected chi connectivity index (χ2v) is 4.77. The van der Waals surface area contributed by atoms with Crippen molar-refractivity contribution >= 4 is 16.8 Å². The SMILES string of the molecule is Cc1cn(-c2ccccc2C(F)(F)F)c(C)c1C(=O)Cl. The normalized spacial score (nSPS) is 11.7. The van der Waals surface area contributed by atoms with Gasteiger partial charge in [0.05, 0.1) is 16.8 Å². The first kappa shape index (κ1) is 14.7. The standard InChI is InChI=1S/C14H11ClF3NO/c1-8-7-19(9(2)12(8)13(15)20)11-6-4-3-5-10(11)14(16,17)18/h3-7H,1-2H3. The maximum absolute atomic E-state index is 13.0. The number of carbonyl (C=O) groups is 1. The number of para-hydroxylation sites is 1. The van der Waals surface area contributed by atoms with Gasteiger partial charge in [-0.3, -0.25) is 4.79 Å². The predicted octanol–water partition coefficient (Wildman–Crippen LogP) is 4.49. The molecule has 2 aromatic rings. The number of benzene rings is 1. The molecule has 0 spiro atoms. The van der Waals surface area contributed by atoms with Gasteiger partial charge >= 0.3 is 6.18 Å². The molecule has 1 aromatic carbocycles. The smallest absolute Gasteiger partial charge is 0.320 e. The van der Waals surface area contributed by atoms with Gasteiger partial charge in [0.25, 0.3) is 5.24 Å². The van der Waals surface area contributed by atoms with E-state index in [4.69, 9.17) is 11.6 Å². The Morgan fingerprint density at radius 3 is 2.30 bits per heavy atom. The van der Waals surface area contributed by atoms with Gasteiger partial charge in [0.2, 0.25) is 0 Å². The van der Waals surface area contributed by atoms with Crippen LogP contribution in [0.4, 0.5) is 13.2 Å². The van der Waals surface area contributed by atoms with Crippen LogP contribution in [0.2, 0.25) is 0 Å². The van der Waals surface area contributed by atoms with Crippen LogP contribution in [0.25, 0.3) is 5.69 Å². The zero-order valence-electron chi connectivity index (χ0n) is 10.8. The maximum atomic E-state index is 13.0. The molecule has 0 aliphatic heterocycles. The number of hydrogen-bond donors (Lipinski definition) is 0. The zero-order valence-corrected chi connectivity index (χ0v) is 11.5. The van der Waals surface area contributed by atoms with Gasteiger partial charge in [0.15, 0.2) is 0 Å². The monoisotopic (exact) mass is 301 g/mol. The molecule has 0 bridgehead atoms. The molecule has 2 rings (SSSR count). The second kappa shape index (κ2) is 4.98. The first-order valence-corrected chi connectivity index (χ1v) is 6.16. The molecule has 0 aliphatic rings. The average Bonchev–Trinajstić information content (AvgIpc) is 2.63. The highest BCUT2D eigenvalue weighted by atomic mass is 35.5. The van der Waals surface area contributed by atoms with Crippen molar-refractivity contribution in [2.45, 2.75) is 20.0 Å². The van der Waals surface area contributed by atoms with Crippen molar-refractivity contribution in [3.63, 3.8) is 0 Å². The zero-order chi connectivity index (χ0) is 15.1. The summed E-state index contributed by atoms with van der Waals surface area (Å²) < 4.78 is 40.4. The van der Waals surface area contributed by atoms with Gasteiger partial charge < -0.3 is 4.57 Å². The third kappa shape index (κ3) is 2.45. The number of nitrogens with zero attached hydrogens (tertiary/aromatic N) is 1. The van der Waals surface area contributed by atoms with Crippen LogP contribution in [0, 0.1) is 13.8 Å². The van der Waals surface area contributed by atoms with Gasteiger partial charge in [-0.15, -0.1) is 0 Å². The Bertz CT molecular complexity index is 674. The minimum atomic E-state index is -4.47. The summed E-state index contributed by atoms with van der Waals surface area (Å²) in [6.45, 7) is 3.20. The van der Waals surface area contributed by atoms with Crippen LogP contribution in [-0.4, -0.2) is 9.81 Å². The number of alkyl halides is 3. The molecule has 0 radical (unpaired) electrons. The van der Waals surface area contributed by atoms with E-state index < -0.39 is 17.0 Å². The van der Waals surface area contributed by atoms with Crippen molar-refractivity contribution in [1.29, 1.82) is 0 Å². The van der Waals surface area contributed by atoms with E-state index in [1.165, 1.54) is 29.0 Å². The largest absolute Gasteiger partial charge is 0.418 e. The fourth-order valence-corrected chi connectivity index (χ4v) is 2.52. The van der Waals surface area contributed by atoms with Crippen molar-refractivity contribution in [3.8, 4) is 5.69 Å². The van der Waals surface area contributed by atoms with E-state index in [1.54, 1.807) is 13.8 Å². The Labute approximate surface area is 118 Å². The van der Waals surface area contributed by atoms with E-state index in [1.807, 2.05) is 0 Å². The summed E-state index contributed by atoms with van der Waals surface area (Å²) in [5.41, 5.74) is 0.388. The van der Waals surface area contributed by atoms with Crippen LogP contribution in [0.5, 0.6) is 0 Å². The van der Waals surface area contributed by atoms with E-state index in [0.29, 0.717) is 11.3 Å². The van der Waals surface area contributed by atoms with E-state index >= 15 is 0 Å². The Kier molecular flexibility index (Phi) is 3.65. The highest BCUT2D eigenvalue weighted by Gasteiger charge is 2.34. The highest BCUT2D eigenvalue weighted by Crippen LogP contribution is 2.35. The molecule has 0 saturated carbocycles. The first-order valence-electron chi connectivity index (χ1n) is 5.78. The fraction of sp³-hybridized carbons (Fsp3) is 0.214. The molecule has 0 N–H and O–H groups in total. The highest BCUT2D eigenvalue weighted by molar-refractivity contribution is 6.68. The molecular weight excluding hydrogens is 291 g/mol. The summed E-state index contributed by atoms with van der Waals surface area (Å²) in [7, 11) is 0. The van der Waals surface area contributed by atoms with Crippen LogP contribution in [0.1, 0.15) is 27.2 Å².